The number of aryl methyl sites for hydroxylation is 2. The standard InChI is InChI=1S/C15H21N3OS2/c1-4-12-8-6-7-11(3)13(12)16-14-17-18-15(21-14)20-10-9-19-5-2/h6-8H,4-5,9-10H2,1-3H3,(H,16,17). The van der Waals surface area contributed by atoms with E-state index < -0.39 is 0 Å². The van der Waals surface area contributed by atoms with Gasteiger partial charge >= 0.3 is 0 Å². The van der Waals surface area contributed by atoms with Crippen molar-refractivity contribution in [2.75, 3.05) is 24.3 Å². The van der Waals surface area contributed by atoms with Gasteiger partial charge in [-0.15, -0.1) is 10.2 Å². The van der Waals surface area contributed by atoms with E-state index in [4.69, 9.17) is 4.74 Å². The first kappa shape index (κ1) is 16.3. The van der Waals surface area contributed by atoms with Gasteiger partial charge in [-0.3, -0.25) is 0 Å². The molecule has 0 atom stereocenters. The maximum atomic E-state index is 5.32. The highest BCUT2D eigenvalue weighted by Crippen LogP contribution is 2.30. The summed E-state index contributed by atoms with van der Waals surface area (Å²) in [6.45, 7) is 7.79. The number of nitrogens with zero attached hydrogens (tertiary/aromatic N) is 2. The van der Waals surface area contributed by atoms with Crippen LogP contribution < -0.4 is 5.32 Å². The van der Waals surface area contributed by atoms with E-state index in [9.17, 15) is 0 Å². The Labute approximate surface area is 134 Å². The molecule has 0 spiro atoms. The molecule has 0 radical (unpaired) electrons. The zero-order chi connectivity index (χ0) is 15.1. The number of para-hydroxylation sites is 1. The average Bonchev–Trinajstić information content (AvgIpc) is 2.93. The Morgan fingerprint density at radius 2 is 2.14 bits per heavy atom. The van der Waals surface area contributed by atoms with E-state index in [1.54, 1.807) is 23.1 Å². The summed E-state index contributed by atoms with van der Waals surface area (Å²) in [7, 11) is 0. The summed E-state index contributed by atoms with van der Waals surface area (Å²) in [6.07, 6.45) is 0.999. The average molecular weight is 323 g/mol. The quantitative estimate of drug-likeness (QED) is 0.580. The molecule has 2 aromatic rings. The molecule has 1 N–H and O–H groups in total. The fraction of sp³-hybridized carbons (Fsp3) is 0.467. The molecule has 21 heavy (non-hydrogen) atoms. The molecule has 1 aromatic heterocycles. The maximum Gasteiger partial charge on any atom is 0.210 e. The van der Waals surface area contributed by atoms with Crippen LogP contribution in [0.5, 0.6) is 0 Å². The van der Waals surface area contributed by atoms with Gasteiger partial charge in [0.1, 0.15) is 0 Å². The predicted octanol–water partition coefficient (Wildman–Crippen LogP) is 4.28. The first-order valence-electron chi connectivity index (χ1n) is 7.14. The van der Waals surface area contributed by atoms with E-state index in [1.165, 1.54) is 11.1 Å². The van der Waals surface area contributed by atoms with Crippen molar-refractivity contribution in [1.29, 1.82) is 0 Å². The molecule has 1 heterocycles. The largest absolute Gasteiger partial charge is 0.381 e. The molecule has 1 aromatic carbocycles. The second-order valence-electron chi connectivity index (χ2n) is 4.51. The minimum Gasteiger partial charge on any atom is -0.381 e. The van der Waals surface area contributed by atoms with Crippen molar-refractivity contribution in [1.82, 2.24) is 10.2 Å². The van der Waals surface area contributed by atoms with E-state index in [0.29, 0.717) is 0 Å². The predicted molar refractivity (Wildman–Crippen MR) is 91.0 cm³/mol. The molecule has 0 amide bonds. The van der Waals surface area contributed by atoms with E-state index in [-0.39, 0.29) is 0 Å². The topological polar surface area (TPSA) is 47.0 Å². The summed E-state index contributed by atoms with van der Waals surface area (Å²) in [5, 5.41) is 12.7. The third-order valence-electron chi connectivity index (χ3n) is 3.04. The van der Waals surface area contributed by atoms with Crippen LogP contribution >= 0.6 is 23.1 Å². The van der Waals surface area contributed by atoms with Gasteiger partial charge in [-0.1, -0.05) is 48.2 Å². The molecule has 6 heteroatoms. The van der Waals surface area contributed by atoms with Crippen LogP contribution in [-0.2, 0) is 11.2 Å². The van der Waals surface area contributed by atoms with Gasteiger partial charge in [0.15, 0.2) is 4.34 Å². The van der Waals surface area contributed by atoms with Crippen LogP contribution in [0, 0.1) is 6.92 Å². The maximum absolute atomic E-state index is 5.32. The van der Waals surface area contributed by atoms with Crippen LogP contribution in [0.25, 0.3) is 0 Å². The lowest BCUT2D eigenvalue weighted by Crippen LogP contribution is -1.97. The Bertz CT molecular complexity index is 572. The van der Waals surface area contributed by atoms with Crippen molar-refractivity contribution in [2.45, 2.75) is 31.5 Å². The minimum atomic E-state index is 0.751. The lowest BCUT2D eigenvalue weighted by molar-refractivity contribution is 0.164. The normalized spacial score (nSPS) is 10.8. The fourth-order valence-corrected chi connectivity index (χ4v) is 3.64. The van der Waals surface area contributed by atoms with Crippen LogP contribution in [0.3, 0.4) is 0 Å². The summed E-state index contributed by atoms with van der Waals surface area (Å²) in [6, 6.07) is 6.35. The second-order valence-corrected chi connectivity index (χ2v) is 6.83. The van der Waals surface area contributed by atoms with E-state index in [2.05, 4.69) is 47.6 Å². The van der Waals surface area contributed by atoms with E-state index >= 15 is 0 Å². The van der Waals surface area contributed by atoms with Crippen LogP contribution in [0.1, 0.15) is 25.0 Å². The van der Waals surface area contributed by atoms with E-state index in [1.807, 2.05) is 6.92 Å². The third kappa shape index (κ3) is 4.69. The number of aromatic nitrogens is 2. The van der Waals surface area contributed by atoms with Gasteiger partial charge in [0.2, 0.25) is 5.13 Å². The molecular formula is C15H21N3OS2. The smallest absolute Gasteiger partial charge is 0.210 e. The molecule has 0 unspecified atom stereocenters. The first-order valence-corrected chi connectivity index (χ1v) is 8.94. The first-order chi connectivity index (χ1) is 10.2. The second kappa shape index (κ2) is 8.36. The van der Waals surface area contributed by atoms with Gasteiger partial charge in [-0.25, -0.2) is 0 Å². The molecule has 114 valence electrons. The van der Waals surface area contributed by atoms with Gasteiger partial charge in [0, 0.05) is 18.0 Å². The summed E-state index contributed by atoms with van der Waals surface area (Å²) < 4.78 is 6.30. The number of rotatable bonds is 8. The zero-order valence-corrected chi connectivity index (χ0v) is 14.3. The highest BCUT2D eigenvalue weighted by molar-refractivity contribution is 8.01. The van der Waals surface area contributed by atoms with Crippen LogP contribution in [0.2, 0.25) is 0 Å². The molecule has 0 aliphatic carbocycles. The van der Waals surface area contributed by atoms with Gasteiger partial charge in [0.25, 0.3) is 0 Å². The number of thioether (sulfide) groups is 1. The number of anilines is 2. The van der Waals surface area contributed by atoms with Gasteiger partial charge < -0.3 is 10.1 Å². The Hall–Kier alpha value is -1.11. The van der Waals surface area contributed by atoms with Gasteiger partial charge in [0.05, 0.1) is 6.61 Å². The molecule has 0 saturated heterocycles. The number of hydrogen-bond acceptors (Lipinski definition) is 6. The van der Waals surface area contributed by atoms with Crippen molar-refractivity contribution in [3.63, 3.8) is 0 Å². The Balaban J connectivity index is 1.99. The lowest BCUT2D eigenvalue weighted by atomic mass is 10.1. The Kier molecular flexibility index (Phi) is 6.48. The molecule has 0 bridgehead atoms. The highest BCUT2D eigenvalue weighted by Gasteiger charge is 2.09. The van der Waals surface area contributed by atoms with Gasteiger partial charge in [-0.05, 0) is 31.4 Å². The lowest BCUT2D eigenvalue weighted by Gasteiger charge is -2.11. The number of ether oxygens (including phenoxy) is 1. The monoisotopic (exact) mass is 323 g/mol. The van der Waals surface area contributed by atoms with Crippen molar-refractivity contribution < 1.29 is 4.74 Å². The molecule has 0 saturated carbocycles. The molecule has 0 fully saturated rings. The number of nitrogens with one attached hydrogen (secondary N) is 1. The fourth-order valence-electron chi connectivity index (χ4n) is 1.96. The van der Waals surface area contributed by atoms with Crippen molar-refractivity contribution >= 4 is 33.9 Å². The summed E-state index contributed by atoms with van der Waals surface area (Å²) in [5.41, 5.74) is 3.69. The summed E-state index contributed by atoms with van der Waals surface area (Å²) in [5.74, 6) is 0.910. The van der Waals surface area contributed by atoms with Crippen LogP contribution in [0.4, 0.5) is 10.8 Å². The van der Waals surface area contributed by atoms with Crippen molar-refractivity contribution in [3.8, 4) is 0 Å². The zero-order valence-electron chi connectivity index (χ0n) is 12.7. The SMILES string of the molecule is CCOCCSc1nnc(Nc2c(C)cccc2CC)s1. The van der Waals surface area contributed by atoms with Crippen molar-refractivity contribution in [2.24, 2.45) is 0 Å². The molecular weight excluding hydrogens is 302 g/mol. The Morgan fingerprint density at radius 1 is 1.29 bits per heavy atom. The Morgan fingerprint density at radius 3 is 2.90 bits per heavy atom. The van der Waals surface area contributed by atoms with Gasteiger partial charge in [-0.2, -0.15) is 0 Å². The number of hydrogen-bond donors (Lipinski definition) is 1. The summed E-state index contributed by atoms with van der Waals surface area (Å²) >= 11 is 3.27. The van der Waals surface area contributed by atoms with Crippen LogP contribution in [-0.4, -0.2) is 29.2 Å². The highest BCUT2D eigenvalue weighted by atomic mass is 32.2. The molecule has 2 rings (SSSR count). The van der Waals surface area contributed by atoms with E-state index in [0.717, 1.165) is 40.5 Å². The third-order valence-corrected chi connectivity index (χ3v) is 4.97. The minimum absolute atomic E-state index is 0.751. The van der Waals surface area contributed by atoms with Crippen LogP contribution in [0.15, 0.2) is 22.5 Å². The molecule has 0 aliphatic rings. The molecule has 0 aliphatic heterocycles. The molecule has 4 nitrogen and oxygen atoms in total. The van der Waals surface area contributed by atoms with Crippen molar-refractivity contribution in [3.05, 3.63) is 29.3 Å². The summed E-state index contributed by atoms with van der Waals surface area (Å²) in [4.78, 5) is 0. The number of benzene rings is 1.